The van der Waals surface area contributed by atoms with Gasteiger partial charge < -0.3 is 14.8 Å². The summed E-state index contributed by atoms with van der Waals surface area (Å²) in [6.45, 7) is 6.16. The van der Waals surface area contributed by atoms with Gasteiger partial charge in [-0.15, -0.1) is 0 Å². The molecule has 0 aromatic carbocycles. The Labute approximate surface area is 275 Å². The molecule has 0 bridgehead atoms. The summed E-state index contributed by atoms with van der Waals surface area (Å²) in [7, 11) is 2.01. The number of rotatable bonds is 32. The summed E-state index contributed by atoms with van der Waals surface area (Å²) in [5, 5.41) is 3.27. The van der Waals surface area contributed by atoms with Crippen molar-refractivity contribution in [2.45, 2.75) is 193 Å². The summed E-state index contributed by atoms with van der Waals surface area (Å²) >= 11 is 0. The minimum atomic E-state index is -0.327. The second-order valence-corrected chi connectivity index (χ2v) is 13.2. The summed E-state index contributed by atoms with van der Waals surface area (Å²) < 4.78 is 12.9. The van der Waals surface area contributed by atoms with E-state index in [4.69, 9.17) is 9.47 Å². The molecule has 1 saturated heterocycles. The van der Waals surface area contributed by atoms with Gasteiger partial charge in [0, 0.05) is 19.4 Å². The van der Waals surface area contributed by atoms with Crippen LogP contribution in [0.3, 0.4) is 0 Å². The highest BCUT2D eigenvalue weighted by Crippen LogP contribution is 2.34. The number of hydrogen-bond donors (Lipinski definition) is 1. The zero-order chi connectivity index (χ0) is 31.7. The minimum Gasteiger partial charge on any atom is -0.347 e. The smallest absolute Gasteiger partial charge is 0.168 e. The minimum absolute atomic E-state index is 0.203. The molecule has 0 spiro atoms. The first-order valence-electron chi connectivity index (χ1n) is 19.3. The van der Waals surface area contributed by atoms with Crippen LogP contribution in [0.1, 0.15) is 181 Å². The van der Waals surface area contributed by atoms with Gasteiger partial charge in [-0.25, -0.2) is 0 Å². The highest BCUT2D eigenvalue weighted by Gasteiger charge is 2.40. The predicted molar refractivity (Wildman–Crippen MR) is 195 cm³/mol. The molecule has 1 aliphatic rings. The molecule has 0 saturated carbocycles. The molecule has 0 unspecified atom stereocenters. The molecule has 1 N–H and O–H groups in total. The van der Waals surface area contributed by atoms with E-state index in [1.165, 1.54) is 141 Å². The second-order valence-electron chi connectivity index (χ2n) is 13.2. The predicted octanol–water partition coefficient (Wildman–Crippen LogP) is 12.7. The van der Waals surface area contributed by atoms with Gasteiger partial charge in [-0.1, -0.05) is 140 Å². The maximum Gasteiger partial charge on any atom is 0.168 e. The third kappa shape index (κ3) is 25.1. The van der Waals surface area contributed by atoms with Crippen LogP contribution >= 0.6 is 0 Å². The third-order valence-electron chi connectivity index (χ3n) is 8.86. The number of allylic oxidation sites excluding steroid dienone is 8. The lowest BCUT2D eigenvalue weighted by molar-refractivity contribution is -0.178. The molecular weight excluding hydrogens is 538 g/mol. The molecule has 0 amide bonds. The number of unbranched alkanes of at least 4 members (excludes halogenated alkanes) is 18. The van der Waals surface area contributed by atoms with Crippen molar-refractivity contribution in [1.29, 1.82) is 0 Å². The Morgan fingerprint density at radius 2 is 0.909 bits per heavy atom. The van der Waals surface area contributed by atoms with Crippen molar-refractivity contribution in [3.8, 4) is 0 Å². The van der Waals surface area contributed by atoms with Gasteiger partial charge in [0.2, 0.25) is 0 Å². The summed E-state index contributed by atoms with van der Waals surface area (Å²) in [5.74, 6) is -0.327. The van der Waals surface area contributed by atoms with Crippen LogP contribution in [0.25, 0.3) is 0 Å². The van der Waals surface area contributed by atoms with E-state index in [0.29, 0.717) is 0 Å². The van der Waals surface area contributed by atoms with Gasteiger partial charge in [0.25, 0.3) is 0 Å². The molecule has 0 aliphatic carbocycles. The third-order valence-corrected chi connectivity index (χ3v) is 8.86. The molecule has 3 nitrogen and oxygen atoms in total. The van der Waals surface area contributed by atoms with Gasteiger partial charge >= 0.3 is 0 Å². The first-order chi connectivity index (χ1) is 21.8. The Hall–Kier alpha value is -1.16. The molecular formula is C41H75NO2. The number of likely N-dealkylation sites (N-methyl/N-ethyl adjacent to an activating group) is 1. The molecule has 1 heterocycles. The van der Waals surface area contributed by atoms with Crippen LogP contribution in [0.15, 0.2) is 48.6 Å². The molecule has 44 heavy (non-hydrogen) atoms. The quantitative estimate of drug-likeness (QED) is 0.0605. The van der Waals surface area contributed by atoms with Gasteiger partial charge in [-0.3, -0.25) is 0 Å². The Morgan fingerprint density at radius 1 is 0.523 bits per heavy atom. The summed E-state index contributed by atoms with van der Waals surface area (Å²) in [4.78, 5) is 0. The lowest BCUT2D eigenvalue weighted by Crippen LogP contribution is -2.33. The molecule has 256 valence electrons. The monoisotopic (exact) mass is 614 g/mol. The van der Waals surface area contributed by atoms with Crippen LogP contribution in [-0.4, -0.2) is 32.1 Å². The van der Waals surface area contributed by atoms with Gasteiger partial charge in [-0.05, 0) is 84.1 Å². The molecule has 0 radical (unpaired) electrons. The lowest BCUT2D eigenvalue weighted by Gasteiger charge is -2.28. The maximum absolute atomic E-state index is 6.53. The number of ether oxygens (including phenoxy) is 2. The zero-order valence-electron chi connectivity index (χ0n) is 29.8. The molecule has 0 aromatic heterocycles. The van der Waals surface area contributed by atoms with Gasteiger partial charge in [0.05, 0.1) is 12.7 Å². The van der Waals surface area contributed by atoms with E-state index >= 15 is 0 Å². The molecule has 1 atom stereocenters. The average molecular weight is 614 g/mol. The van der Waals surface area contributed by atoms with Gasteiger partial charge in [0.15, 0.2) is 5.79 Å². The van der Waals surface area contributed by atoms with Crippen molar-refractivity contribution in [1.82, 2.24) is 5.32 Å². The normalized spacial score (nSPS) is 17.0. The van der Waals surface area contributed by atoms with Crippen LogP contribution in [0.4, 0.5) is 0 Å². The van der Waals surface area contributed by atoms with Gasteiger partial charge in [-0.2, -0.15) is 0 Å². The van der Waals surface area contributed by atoms with Gasteiger partial charge in [0.1, 0.15) is 0 Å². The van der Waals surface area contributed by atoms with Crippen molar-refractivity contribution in [3.05, 3.63) is 48.6 Å². The molecule has 0 aromatic rings. The van der Waals surface area contributed by atoms with Crippen LogP contribution in [-0.2, 0) is 9.47 Å². The Morgan fingerprint density at radius 3 is 1.32 bits per heavy atom. The van der Waals surface area contributed by atoms with Crippen molar-refractivity contribution >= 4 is 0 Å². The van der Waals surface area contributed by atoms with Crippen molar-refractivity contribution in [2.75, 3.05) is 20.2 Å². The van der Waals surface area contributed by atoms with E-state index in [0.717, 1.165) is 38.8 Å². The number of nitrogens with one attached hydrogen (secondary N) is 1. The molecule has 1 rings (SSSR count). The van der Waals surface area contributed by atoms with Crippen molar-refractivity contribution in [2.24, 2.45) is 0 Å². The first kappa shape index (κ1) is 40.9. The van der Waals surface area contributed by atoms with E-state index in [2.05, 4.69) is 67.8 Å². The molecule has 1 fully saturated rings. The van der Waals surface area contributed by atoms with Crippen molar-refractivity contribution < 1.29 is 9.47 Å². The fourth-order valence-corrected chi connectivity index (χ4v) is 6.10. The average Bonchev–Trinajstić information content (AvgIpc) is 3.43. The Bertz CT molecular complexity index is 661. The topological polar surface area (TPSA) is 30.5 Å². The summed E-state index contributed by atoms with van der Waals surface area (Å²) in [6.07, 6.45) is 52.1. The molecule has 1 aliphatic heterocycles. The van der Waals surface area contributed by atoms with Crippen LogP contribution in [0.2, 0.25) is 0 Å². The largest absolute Gasteiger partial charge is 0.347 e. The van der Waals surface area contributed by atoms with E-state index in [1.54, 1.807) is 0 Å². The van der Waals surface area contributed by atoms with Crippen LogP contribution in [0, 0.1) is 0 Å². The maximum atomic E-state index is 6.53. The fraction of sp³-hybridized carbons (Fsp3) is 0.805. The van der Waals surface area contributed by atoms with E-state index in [1.807, 2.05) is 7.05 Å². The highest BCUT2D eigenvalue weighted by atomic mass is 16.7. The number of hydrogen-bond acceptors (Lipinski definition) is 3. The Balaban J connectivity index is 2.08. The highest BCUT2D eigenvalue weighted by molar-refractivity contribution is 4.93. The summed E-state index contributed by atoms with van der Waals surface area (Å²) in [6, 6.07) is 0. The van der Waals surface area contributed by atoms with Crippen molar-refractivity contribution in [3.63, 3.8) is 0 Å². The van der Waals surface area contributed by atoms with E-state index < -0.39 is 0 Å². The zero-order valence-corrected chi connectivity index (χ0v) is 29.8. The second kappa shape index (κ2) is 31.8. The standard InChI is InChI=1S/C41H75NO2/c1-4-6-8-10-12-14-16-18-20-22-24-26-28-30-32-34-36-41(43-39-40(44-41)38-42-3)37-35-33-31-29-27-25-23-21-19-17-15-13-11-9-7-5-2/h12-15,18-21,40,42H,4-11,16-17,22-39H2,1-3H3/b14-12-,15-13-,20-18-,21-19-/t40-/m0/s1. The fourth-order valence-electron chi connectivity index (χ4n) is 6.10. The summed E-state index contributed by atoms with van der Waals surface area (Å²) in [5.41, 5.74) is 0. The Kier molecular flexibility index (Phi) is 29.5. The molecule has 3 heteroatoms. The van der Waals surface area contributed by atoms with Crippen LogP contribution in [0.5, 0.6) is 0 Å². The van der Waals surface area contributed by atoms with Crippen LogP contribution < -0.4 is 5.32 Å². The van der Waals surface area contributed by atoms with E-state index in [-0.39, 0.29) is 11.9 Å². The van der Waals surface area contributed by atoms with E-state index in [9.17, 15) is 0 Å². The lowest BCUT2D eigenvalue weighted by atomic mass is 9.98. The SMILES string of the molecule is CCCCC/C=C\C/C=C\CCCCCCCCC1(CCCCCCCC/C=C\C/C=C\CCCCC)OC[C@H](CNC)O1. The first-order valence-corrected chi connectivity index (χ1v) is 19.3.